The fourth-order valence-electron chi connectivity index (χ4n) is 2.13. The third kappa shape index (κ3) is 3.35. The topological polar surface area (TPSA) is 44.5 Å². The van der Waals surface area contributed by atoms with Crippen LogP contribution < -0.4 is 15.2 Å². The summed E-state index contributed by atoms with van der Waals surface area (Å²) < 4.78 is 24.3. The van der Waals surface area contributed by atoms with Gasteiger partial charge in [0.2, 0.25) is 0 Å². The van der Waals surface area contributed by atoms with Crippen LogP contribution in [0.4, 0.5) is 4.39 Å². The lowest BCUT2D eigenvalue weighted by atomic mass is 9.91. The van der Waals surface area contributed by atoms with E-state index in [-0.39, 0.29) is 11.7 Å². The van der Waals surface area contributed by atoms with Crippen molar-refractivity contribution in [2.75, 3.05) is 20.8 Å². The molecule has 18 heavy (non-hydrogen) atoms. The molecule has 0 heterocycles. The molecule has 1 aromatic rings. The number of hydrogen-bond donors (Lipinski definition) is 1. The average Bonchev–Trinajstić information content (AvgIpc) is 2.40. The van der Waals surface area contributed by atoms with Crippen molar-refractivity contribution in [3.8, 4) is 11.5 Å². The Kier molecular flexibility index (Phi) is 5.92. The van der Waals surface area contributed by atoms with E-state index < -0.39 is 0 Å². The second-order valence-corrected chi connectivity index (χ2v) is 4.26. The minimum atomic E-state index is -0.239. The predicted molar refractivity (Wildman–Crippen MR) is 70.8 cm³/mol. The summed E-state index contributed by atoms with van der Waals surface area (Å²) in [5.41, 5.74) is 6.19. The number of ether oxygens (including phenoxy) is 2. The second kappa shape index (κ2) is 7.21. The molecule has 3 nitrogen and oxygen atoms in total. The summed E-state index contributed by atoms with van der Waals surface area (Å²) in [6.45, 7) is 2.68. The van der Waals surface area contributed by atoms with Crippen molar-refractivity contribution < 1.29 is 13.9 Å². The monoisotopic (exact) mass is 255 g/mol. The average molecular weight is 255 g/mol. The molecule has 0 saturated heterocycles. The van der Waals surface area contributed by atoms with Gasteiger partial charge in [-0.3, -0.25) is 0 Å². The summed E-state index contributed by atoms with van der Waals surface area (Å²) in [6, 6.07) is 3.12. The van der Waals surface area contributed by atoms with E-state index in [1.165, 1.54) is 13.2 Å². The molecule has 102 valence electrons. The highest BCUT2D eigenvalue weighted by atomic mass is 19.1. The number of hydrogen-bond acceptors (Lipinski definition) is 3. The zero-order valence-electron chi connectivity index (χ0n) is 11.3. The molecule has 0 aromatic heterocycles. The van der Waals surface area contributed by atoms with Gasteiger partial charge < -0.3 is 15.2 Å². The van der Waals surface area contributed by atoms with E-state index in [2.05, 4.69) is 6.92 Å². The minimum absolute atomic E-state index is 0.174. The standard InChI is InChI=1S/C14H22FNO2/c1-4-10(6-5-7-16)11-8-13(17-2)14(18-3)9-12(11)15/h8-10H,4-7,16H2,1-3H3. The van der Waals surface area contributed by atoms with Crippen LogP contribution in [-0.4, -0.2) is 20.8 Å². The molecule has 4 heteroatoms. The van der Waals surface area contributed by atoms with E-state index in [4.69, 9.17) is 15.2 Å². The van der Waals surface area contributed by atoms with Gasteiger partial charge in [-0.05, 0) is 43.4 Å². The van der Waals surface area contributed by atoms with Crippen molar-refractivity contribution >= 4 is 0 Å². The van der Waals surface area contributed by atoms with Gasteiger partial charge in [0.05, 0.1) is 14.2 Å². The molecule has 0 aliphatic carbocycles. The van der Waals surface area contributed by atoms with Gasteiger partial charge in [0.15, 0.2) is 11.5 Å². The first-order valence-corrected chi connectivity index (χ1v) is 6.29. The summed E-state index contributed by atoms with van der Waals surface area (Å²) in [7, 11) is 3.06. The first-order chi connectivity index (χ1) is 8.67. The van der Waals surface area contributed by atoms with Gasteiger partial charge in [-0.25, -0.2) is 4.39 Å². The molecule has 0 saturated carbocycles. The second-order valence-electron chi connectivity index (χ2n) is 4.26. The van der Waals surface area contributed by atoms with Crippen molar-refractivity contribution in [1.29, 1.82) is 0 Å². The van der Waals surface area contributed by atoms with Crippen molar-refractivity contribution in [1.82, 2.24) is 0 Å². The Morgan fingerprint density at radius 1 is 1.22 bits per heavy atom. The van der Waals surface area contributed by atoms with Gasteiger partial charge >= 0.3 is 0 Å². The van der Waals surface area contributed by atoms with Gasteiger partial charge in [-0.2, -0.15) is 0 Å². The fourth-order valence-corrected chi connectivity index (χ4v) is 2.13. The van der Waals surface area contributed by atoms with Gasteiger partial charge in [-0.15, -0.1) is 0 Å². The maximum Gasteiger partial charge on any atom is 0.163 e. The summed E-state index contributed by atoms with van der Waals surface area (Å²) in [6.07, 6.45) is 2.66. The van der Waals surface area contributed by atoms with E-state index in [0.717, 1.165) is 19.3 Å². The molecular formula is C14H22FNO2. The number of benzene rings is 1. The lowest BCUT2D eigenvalue weighted by molar-refractivity contribution is 0.350. The van der Waals surface area contributed by atoms with E-state index in [0.29, 0.717) is 23.6 Å². The number of rotatable bonds is 7. The van der Waals surface area contributed by atoms with Crippen LogP contribution in [0.15, 0.2) is 12.1 Å². The smallest absolute Gasteiger partial charge is 0.163 e. The molecule has 1 atom stereocenters. The van der Waals surface area contributed by atoms with Gasteiger partial charge in [0.1, 0.15) is 5.82 Å². The largest absolute Gasteiger partial charge is 0.493 e. The Hall–Kier alpha value is -1.29. The van der Waals surface area contributed by atoms with Crippen molar-refractivity contribution in [2.24, 2.45) is 5.73 Å². The Morgan fingerprint density at radius 3 is 2.33 bits per heavy atom. The summed E-state index contributed by atoms with van der Waals surface area (Å²) in [4.78, 5) is 0. The summed E-state index contributed by atoms with van der Waals surface area (Å²) in [5, 5.41) is 0. The molecule has 2 N–H and O–H groups in total. The maximum absolute atomic E-state index is 14.1. The lowest BCUT2D eigenvalue weighted by Gasteiger charge is -2.18. The van der Waals surface area contributed by atoms with Crippen LogP contribution in [0.25, 0.3) is 0 Å². The van der Waals surface area contributed by atoms with Crippen LogP contribution >= 0.6 is 0 Å². The molecule has 0 bridgehead atoms. The highest BCUT2D eigenvalue weighted by Crippen LogP contribution is 2.35. The summed E-state index contributed by atoms with van der Waals surface area (Å²) in [5.74, 6) is 0.928. The van der Waals surface area contributed by atoms with E-state index in [9.17, 15) is 4.39 Å². The molecule has 0 spiro atoms. The normalized spacial score (nSPS) is 12.3. The molecule has 0 fully saturated rings. The lowest BCUT2D eigenvalue weighted by Crippen LogP contribution is -2.06. The van der Waals surface area contributed by atoms with Crippen LogP contribution in [0.2, 0.25) is 0 Å². The number of halogens is 1. The molecule has 0 radical (unpaired) electrons. The SMILES string of the molecule is CCC(CCCN)c1cc(OC)c(OC)cc1F. The number of nitrogens with two attached hydrogens (primary N) is 1. The molecule has 1 aromatic carbocycles. The molecular weight excluding hydrogens is 233 g/mol. The van der Waals surface area contributed by atoms with Gasteiger partial charge in [0.25, 0.3) is 0 Å². The Balaban J connectivity index is 3.06. The van der Waals surface area contributed by atoms with Crippen LogP contribution in [-0.2, 0) is 0 Å². The first-order valence-electron chi connectivity index (χ1n) is 6.29. The first kappa shape index (κ1) is 14.8. The minimum Gasteiger partial charge on any atom is -0.493 e. The maximum atomic E-state index is 14.1. The summed E-state index contributed by atoms with van der Waals surface area (Å²) >= 11 is 0. The molecule has 1 rings (SSSR count). The number of methoxy groups -OCH3 is 2. The van der Waals surface area contributed by atoms with Crippen LogP contribution in [0.1, 0.15) is 37.7 Å². The Bertz CT molecular complexity index is 382. The molecule has 0 aliphatic heterocycles. The van der Waals surface area contributed by atoms with Crippen LogP contribution in [0.5, 0.6) is 11.5 Å². The van der Waals surface area contributed by atoms with Crippen molar-refractivity contribution in [3.63, 3.8) is 0 Å². The zero-order valence-corrected chi connectivity index (χ0v) is 11.3. The third-order valence-electron chi connectivity index (χ3n) is 3.19. The zero-order chi connectivity index (χ0) is 13.5. The molecule has 1 unspecified atom stereocenters. The van der Waals surface area contributed by atoms with Crippen LogP contribution in [0.3, 0.4) is 0 Å². The van der Waals surface area contributed by atoms with Gasteiger partial charge in [-0.1, -0.05) is 6.92 Å². The van der Waals surface area contributed by atoms with E-state index >= 15 is 0 Å². The fraction of sp³-hybridized carbons (Fsp3) is 0.571. The highest BCUT2D eigenvalue weighted by molar-refractivity contribution is 5.44. The third-order valence-corrected chi connectivity index (χ3v) is 3.19. The van der Waals surface area contributed by atoms with Crippen LogP contribution in [0, 0.1) is 5.82 Å². The quantitative estimate of drug-likeness (QED) is 0.814. The Labute approximate surface area is 108 Å². The highest BCUT2D eigenvalue weighted by Gasteiger charge is 2.17. The van der Waals surface area contributed by atoms with Crippen molar-refractivity contribution in [2.45, 2.75) is 32.1 Å². The molecule has 0 aliphatic rings. The van der Waals surface area contributed by atoms with Gasteiger partial charge in [0, 0.05) is 6.07 Å². The Morgan fingerprint density at radius 2 is 1.83 bits per heavy atom. The van der Waals surface area contributed by atoms with Crippen molar-refractivity contribution in [3.05, 3.63) is 23.5 Å². The van der Waals surface area contributed by atoms with E-state index in [1.54, 1.807) is 13.2 Å². The predicted octanol–water partition coefficient (Wildman–Crippen LogP) is 3.08. The molecule has 0 amide bonds. The van der Waals surface area contributed by atoms with E-state index in [1.807, 2.05) is 0 Å².